The van der Waals surface area contributed by atoms with Gasteiger partial charge in [0.2, 0.25) is 0 Å². The van der Waals surface area contributed by atoms with Crippen LogP contribution in [-0.2, 0) is 6.42 Å². The Hall–Kier alpha value is -2.89. The number of hydrogen-bond acceptors (Lipinski definition) is 3. The summed E-state index contributed by atoms with van der Waals surface area (Å²) in [5.74, 6) is -2.80. The maximum absolute atomic E-state index is 14.0. The van der Waals surface area contributed by atoms with Crippen LogP contribution in [0.15, 0.2) is 36.8 Å². The lowest BCUT2D eigenvalue weighted by molar-refractivity contribution is 0.0697. The first-order valence-corrected chi connectivity index (χ1v) is 6.97. The van der Waals surface area contributed by atoms with Crippen molar-refractivity contribution in [2.75, 3.05) is 0 Å². The zero-order valence-corrected chi connectivity index (χ0v) is 12.2. The SMILES string of the molecule is CCc1cnc(-c2c(F)cncc2F)c2cc(C(=O)O)ccc12. The van der Waals surface area contributed by atoms with Gasteiger partial charge in [-0.1, -0.05) is 13.0 Å². The molecule has 0 spiro atoms. The third-order valence-corrected chi connectivity index (χ3v) is 3.69. The highest BCUT2D eigenvalue weighted by Gasteiger charge is 2.18. The van der Waals surface area contributed by atoms with Crippen molar-refractivity contribution in [2.45, 2.75) is 13.3 Å². The van der Waals surface area contributed by atoms with Crippen LogP contribution in [0.2, 0.25) is 0 Å². The minimum Gasteiger partial charge on any atom is -0.478 e. The average molecular weight is 314 g/mol. The first-order chi connectivity index (χ1) is 11.0. The number of rotatable bonds is 3. The van der Waals surface area contributed by atoms with Crippen LogP contribution in [0, 0.1) is 11.6 Å². The molecule has 0 atom stereocenters. The Morgan fingerprint density at radius 2 is 1.83 bits per heavy atom. The Morgan fingerprint density at radius 1 is 1.13 bits per heavy atom. The number of pyridine rings is 2. The Morgan fingerprint density at radius 3 is 2.43 bits per heavy atom. The van der Waals surface area contributed by atoms with E-state index in [-0.39, 0.29) is 16.8 Å². The standard InChI is InChI=1S/C17H12F2N2O2/c1-2-9-6-21-16(15-13(18)7-20-8-14(15)19)12-5-10(17(22)23)3-4-11(9)12/h3-8H,2H2,1H3,(H,22,23). The molecule has 0 aliphatic heterocycles. The fourth-order valence-corrected chi connectivity index (χ4v) is 2.55. The van der Waals surface area contributed by atoms with E-state index in [1.165, 1.54) is 12.1 Å². The van der Waals surface area contributed by atoms with Gasteiger partial charge < -0.3 is 5.11 Å². The molecular formula is C17H12F2N2O2. The van der Waals surface area contributed by atoms with E-state index in [9.17, 15) is 13.6 Å². The minimum absolute atomic E-state index is 0.0312. The molecule has 23 heavy (non-hydrogen) atoms. The zero-order chi connectivity index (χ0) is 16.6. The second-order valence-electron chi connectivity index (χ2n) is 5.03. The second kappa shape index (κ2) is 5.72. The van der Waals surface area contributed by atoms with Gasteiger partial charge in [-0.3, -0.25) is 9.97 Å². The number of aromatic carboxylic acids is 1. The van der Waals surface area contributed by atoms with Gasteiger partial charge in [0.25, 0.3) is 0 Å². The molecule has 3 aromatic rings. The number of fused-ring (bicyclic) bond motifs is 1. The third kappa shape index (κ3) is 2.52. The molecular weight excluding hydrogens is 302 g/mol. The molecule has 116 valence electrons. The molecule has 1 aromatic carbocycles. The number of halogens is 2. The van der Waals surface area contributed by atoms with Crippen LogP contribution in [0.1, 0.15) is 22.8 Å². The molecule has 6 heteroatoms. The molecule has 4 nitrogen and oxygen atoms in total. The highest BCUT2D eigenvalue weighted by atomic mass is 19.1. The van der Waals surface area contributed by atoms with Crippen LogP contribution in [0.3, 0.4) is 0 Å². The minimum atomic E-state index is -1.12. The number of carboxylic acids is 1. The summed E-state index contributed by atoms with van der Waals surface area (Å²) < 4.78 is 28.1. The number of carboxylic acid groups (broad SMARTS) is 1. The van der Waals surface area contributed by atoms with Crippen LogP contribution in [0.5, 0.6) is 0 Å². The van der Waals surface area contributed by atoms with Crippen LogP contribution in [0.4, 0.5) is 8.78 Å². The predicted octanol–water partition coefficient (Wildman–Crippen LogP) is 3.84. The smallest absolute Gasteiger partial charge is 0.335 e. The van der Waals surface area contributed by atoms with Gasteiger partial charge in [-0.15, -0.1) is 0 Å². The van der Waals surface area contributed by atoms with Gasteiger partial charge in [-0.2, -0.15) is 0 Å². The molecule has 2 aromatic heterocycles. The molecule has 0 unspecified atom stereocenters. The van der Waals surface area contributed by atoms with Gasteiger partial charge in [0.05, 0.1) is 29.2 Å². The maximum Gasteiger partial charge on any atom is 0.335 e. The number of carbonyl (C=O) groups is 1. The van der Waals surface area contributed by atoms with E-state index >= 15 is 0 Å². The molecule has 0 aliphatic rings. The molecule has 0 amide bonds. The first kappa shape index (κ1) is 15.0. The Labute approximate surface area is 130 Å². The van der Waals surface area contributed by atoms with Gasteiger partial charge in [-0.05, 0) is 29.5 Å². The fraction of sp³-hybridized carbons (Fsp3) is 0.118. The first-order valence-electron chi connectivity index (χ1n) is 6.97. The lowest BCUT2D eigenvalue weighted by Crippen LogP contribution is -2.00. The van der Waals surface area contributed by atoms with E-state index in [0.717, 1.165) is 23.3 Å². The number of hydrogen-bond donors (Lipinski definition) is 1. The highest BCUT2D eigenvalue weighted by molar-refractivity contribution is 6.01. The third-order valence-electron chi connectivity index (χ3n) is 3.69. The summed E-state index contributed by atoms with van der Waals surface area (Å²) in [5.41, 5.74) is 0.659. The van der Waals surface area contributed by atoms with E-state index < -0.39 is 17.6 Å². The van der Waals surface area contributed by atoms with Crippen molar-refractivity contribution in [3.63, 3.8) is 0 Å². The quantitative estimate of drug-likeness (QED) is 0.798. The van der Waals surface area contributed by atoms with Crippen LogP contribution in [0.25, 0.3) is 22.0 Å². The summed E-state index contributed by atoms with van der Waals surface area (Å²) in [6.45, 7) is 1.93. The largest absolute Gasteiger partial charge is 0.478 e. The normalized spacial score (nSPS) is 10.9. The Kier molecular flexibility index (Phi) is 3.73. The van der Waals surface area contributed by atoms with Crippen molar-refractivity contribution >= 4 is 16.7 Å². The van der Waals surface area contributed by atoms with E-state index in [2.05, 4.69) is 9.97 Å². The number of nitrogens with zero attached hydrogens (tertiary/aromatic N) is 2. The highest BCUT2D eigenvalue weighted by Crippen LogP contribution is 2.32. The van der Waals surface area contributed by atoms with E-state index in [0.29, 0.717) is 11.8 Å². The molecule has 0 saturated heterocycles. The van der Waals surface area contributed by atoms with Gasteiger partial charge in [-0.25, -0.2) is 13.6 Å². The molecule has 0 saturated carbocycles. The van der Waals surface area contributed by atoms with Gasteiger partial charge in [0, 0.05) is 11.6 Å². The molecule has 3 rings (SSSR count). The van der Waals surface area contributed by atoms with Gasteiger partial charge in [0.1, 0.15) is 0 Å². The van der Waals surface area contributed by atoms with Crippen molar-refractivity contribution in [1.29, 1.82) is 0 Å². The van der Waals surface area contributed by atoms with Gasteiger partial charge >= 0.3 is 5.97 Å². The summed E-state index contributed by atoms with van der Waals surface area (Å²) in [5, 5.41) is 10.3. The number of benzene rings is 1. The second-order valence-corrected chi connectivity index (χ2v) is 5.03. The molecule has 1 N–H and O–H groups in total. The van der Waals surface area contributed by atoms with Crippen LogP contribution < -0.4 is 0 Å². The molecule has 0 fully saturated rings. The maximum atomic E-state index is 14.0. The van der Waals surface area contributed by atoms with Crippen LogP contribution >= 0.6 is 0 Å². The van der Waals surface area contributed by atoms with Crippen molar-refractivity contribution in [3.8, 4) is 11.3 Å². The molecule has 2 heterocycles. The van der Waals surface area contributed by atoms with E-state index in [1.54, 1.807) is 12.3 Å². The summed E-state index contributed by atoms with van der Waals surface area (Å²) in [6.07, 6.45) is 4.02. The Bertz CT molecular complexity index is 906. The number of aromatic nitrogens is 2. The average Bonchev–Trinajstić information content (AvgIpc) is 2.54. The van der Waals surface area contributed by atoms with Crippen molar-refractivity contribution in [2.24, 2.45) is 0 Å². The van der Waals surface area contributed by atoms with Crippen molar-refractivity contribution < 1.29 is 18.7 Å². The molecule has 0 aliphatic carbocycles. The molecule has 0 radical (unpaired) electrons. The van der Waals surface area contributed by atoms with E-state index in [4.69, 9.17) is 5.11 Å². The lowest BCUT2D eigenvalue weighted by atomic mass is 9.98. The summed E-state index contributed by atoms with van der Waals surface area (Å²) in [6, 6.07) is 4.49. The van der Waals surface area contributed by atoms with Crippen molar-refractivity contribution in [1.82, 2.24) is 9.97 Å². The predicted molar refractivity (Wildman–Crippen MR) is 81.2 cm³/mol. The lowest BCUT2D eigenvalue weighted by Gasteiger charge is -2.11. The molecule has 0 bridgehead atoms. The van der Waals surface area contributed by atoms with Crippen molar-refractivity contribution in [3.05, 3.63) is 59.6 Å². The summed E-state index contributed by atoms with van der Waals surface area (Å²) in [7, 11) is 0. The zero-order valence-electron chi connectivity index (χ0n) is 12.2. The summed E-state index contributed by atoms with van der Waals surface area (Å²) in [4.78, 5) is 18.8. The van der Waals surface area contributed by atoms with Crippen LogP contribution in [-0.4, -0.2) is 21.0 Å². The topological polar surface area (TPSA) is 63.1 Å². The number of aryl methyl sites for hydroxylation is 1. The van der Waals surface area contributed by atoms with E-state index in [1.807, 2.05) is 6.92 Å². The fourth-order valence-electron chi connectivity index (χ4n) is 2.55. The Balaban J connectivity index is 2.41. The summed E-state index contributed by atoms with van der Waals surface area (Å²) >= 11 is 0. The van der Waals surface area contributed by atoms with Gasteiger partial charge in [0.15, 0.2) is 11.6 Å². The monoisotopic (exact) mass is 314 g/mol.